The molecule has 0 radical (unpaired) electrons. The van der Waals surface area contributed by atoms with E-state index in [1.807, 2.05) is 19.0 Å². The highest BCUT2D eigenvalue weighted by Crippen LogP contribution is 2.29. The van der Waals surface area contributed by atoms with Gasteiger partial charge in [-0.1, -0.05) is 0 Å². The molecule has 8 heteroatoms. The molecule has 4 heterocycles. The van der Waals surface area contributed by atoms with Crippen LogP contribution in [0.2, 0.25) is 0 Å². The molecule has 0 unspecified atom stereocenters. The first-order chi connectivity index (χ1) is 12.6. The molecule has 0 saturated carbocycles. The third kappa shape index (κ3) is 3.48. The Morgan fingerprint density at radius 3 is 2.73 bits per heavy atom. The first kappa shape index (κ1) is 17.5. The third-order valence-corrected chi connectivity index (χ3v) is 6.09. The van der Waals surface area contributed by atoms with Crippen LogP contribution in [-0.2, 0) is 19.6 Å². The first-order valence-electron chi connectivity index (χ1n) is 9.23. The van der Waals surface area contributed by atoms with Gasteiger partial charge in [0.15, 0.2) is 0 Å². The summed E-state index contributed by atoms with van der Waals surface area (Å²) in [5, 5.41) is 13.4. The number of hydrogen-bond donors (Lipinski definition) is 0. The summed E-state index contributed by atoms with van der Waals surface area (Å²) < 4.78 is 2.32. The predicted molar refractivity (Wildman–Crippen MR) is 101 cm³/mol. The lowest BCUT2D eigenvalue weighted by molar-refractivity contribution is 0.154. The minimum atomic E-state index is 0.107. The Morgan fingerprint density at radius 1 is 1.23 bits per heavy atom. The zero-order valence-corrected chi connectivity index (χ0v) is 16.3. The molecule has 2 amide bonds. The van der Waals surface area contributed by atoms with E-state index in [1.165, 1.54) is 5.56 Å². The van der Waals surface area contributed by atoms with Crippen LogP contribution in [0.25, 0.3) is 0 Å². The van der Waals surface area contributed by atoms with E-state index in [9.17, 15) is 4.79 Å². The second-order valence-electron chi connectivity index (χ2n) is 7.41. The zero-order valence-electron chi connectivity index (χ0n) is 15.5. The number of likely N-dealkylation sites (tertiary alicyclic amines) is 1. The van der Waals surface area contributed by atoms with Gasteiger partial charge in [-0.05, 0) is 35.2 Å². The predicted octanol–water partition coefficient (Wildman–Crippen LogP) is 2.22. The topological polar surface area (TPSA) is 57.5 Å². The molecule has 0 aromatic carbocycles. The average molecular weight is 375 g/mol. The number of fused-ring (bicyclic) bond motifs is 1. The van der Waals surface area contributed by atoms with Gasteiger partial charge in [0.2, 0.25) is 0 Å². The first-order valence-corrected chi connectivity index (χ1v) is 10.2. The van der Waals surface area contributed by atoms with Gasteiger partial charge in [-0.3, -0.25) is 4.90 Å². The number of carbonyl (C=O) groups is 1. The maximum atomic E-state index is 12.1. The fraction of sp³-hybridized carbons (Fsp3) is 0.611. The van der Waals surface area contributed by atoms with E-state index < -0.39 is 0 Å². The van der Waals surface area contributed by atoms with Gasteiger partial charge in [0, 0.05) is 52.7 Å². The Labute approximate surface area is 158 Å². The Balaban J connectivity index is 1.39. The van der Waals surface area contributed by atoms with Gasteiger partial charge < -0.3 is 14.4 Å². The Morgan fingerprint density at radius 2 is 2.04 bits per heavy atom. The normalized spacial score (nSPS) is 18.8. The number of aromatic nitrogens is 3. The molecule has 4 rings (SSSR count). The highest BCUT2D eigenvalue weighted by atomic mass is 32.1. The zero-order chi connectivity index (χ0) is 18.1. The molecule has 0 bridgehead atoms. The molecule has 7 nitrogen and oxygen atoms in total. The van der Waals surface area contributed by atoms with Crippen LogP contribution in [-0.4, -0.2) is 69.2 Å². The monoisotopic (exact) mass is 374 g/mol. The van der Waals surface area contributed by atoms with Gasteiger partial charge in [0.1, 0.15) is 11.6 Å². The van der Waals surface area contributed by atoms with E-state index in [-0.39, 0.29) is 6.03 Å². The summed E-state index contributed by atoms with van der Waals surface area (Å²) in [5.41, 5.74) is 1.38. The van der Waals surface area contributed by atoms with Crippen LogP contribution in [0.3, 0.4) is 0 Å². The number of carbonyl (C=O) groups excluding carboxylic acids is 1. The van der Waals surface area contributed by atoms with Gasteiger partial charge in [-0.2, -0.15) is 11.3 Å². The molecule has 0 N–H and O–H groups in total. The maximum absolute atomic E-state index is 12.1. The van der Waals surface area contributed by atoms with E-state index >= 15 is 0 Å². The molecular formula is C18H26N6OS. The lowest BCUT2D eigenvalue weighted by Gasteiger charge is -2.34. The number of urea groups is 1. The van der Waals surface area contributed by atoms with Crippen molar-refractivity contribution < 1.29 is 4.79 Å². The molecular weight excluding hydrogens is 348 g/mol. The van der Waals surface area contributed by atoms with Crippen molar-refractivity contribution >= 4 is 17.4 Å². The van der Waals surface area contributed by atoms with Crippen molar-refractivity contribution in [3.63, 3.8) is 0 Å². The molecule has 1 fully saturated rings. The second kappa shape index (κ2) is 7.36. The molecule has 0 aliphatic carbocycles. The molecule has 2 aromatic rings. The van der Waals surface area contributed by atoms with Crippen molar-refractivity contribution in [2.75, 3.05) is 33.7 Å². The lowest BCUT2D eigenvalue weighted by Crippen LogP contribution is -2.44. The minimum absolute atomic E-state index is 0.107. The quantitative estimate of drug-likeness (QED) is 0.827. The molecule has 2 aromatic heterocycles. The smallest absolute Gasteiger partial charge is 0.319 e. The number of rotatable bonds is 3. The number of piperidine rings is 1. The summed E-state index contributed by atoms with van der Waals surface area (Å²) in [7, 11) is 3.62. The van der Waals surface area contributed by atoms with Crippen molar-refractivity contribution in [1.82, 2.24) is 29.5 Å². The summed E-state index contributed by atoms with van der Waals surface area (Å²) in [5.74, 6) is 2.60. The van der Waals surface area contributed by atoms with Crippen LogP contribution < -0.4 is 0 Å². The number of hydrogen-bond acceptors (Lipinski definition) is 5. The van der Waals surface area contributed by atoms with Gasteiger partial charge in [-0.15, -0.1) is 10.2 Å². The van der Waals surface area contributed by atoms with E-state index in [0.717, 1.165) is 63.8 Å². The Bertz CT molecular complexity index is 748. The van der Waals surface area contributed by atoms with E-state index in [0.29, 0.717) is 5.92 Å². The summed E-state index contributed by atoms with van der Waals surface area (Å²) in [6, 6.07) is 2.30. The average Bonchev–Trinajstić information content (AvgIpc) is 3.30. The standard InChI is InChI=1S/C18H26N6OS/c1-21(2)18(25)23-6-3-15(4-7-23)17-20-19-16-12-22(8-9-24(16)17)11-14-5-10-26-13-14/h5,10,13,15H,3-4,6-9,11-12H2,1-2H3. The number of thiophene rings is 1. The van der Waals surface area contributed by atoms with Gasteiger partial charge in [0.05, 0.1) is 6.54 Å². The fourth-order valence-electron chi connectivity index (χ4n) is 3.92. The molecule has 2 aliphatic heterocycles. The highest BCUT2D eigenvalue weighted by molar-refractivity contribution is 7.07. The van der Waals surface area contributed by atoms with Crippen LogP contribution in [0.5, 0.6) is 0 Å². The summed E-state index contributed by atoms with van der Waals surface area (Å²) in [4.78, 5) is 18.1. The van der Waals surface area contributed by atoms with Gasteiger partial charge >= 0.3 is 6.03 Å². The highest BCUT2D eigenvalue weighted by Gasteiger charge is 2.30. The second-order valence-corrected chi connectivity index (χ2v) is 8.19. The molecule has 26 heavy (non-hydrogen) atoms. The van der Waals surface area contributed by atoms with Crippen LogP contribution >= 0.6 is 11.3 Å². The molecule has 1 saturated heterocycles. The minimum Gasteiger partial charge on any atom is -0.331 e. The van der Waals surface area contributed by atoms with E-state index in [2.05, 4.69) is 36.5 Å². The van der Waals surface area contributed by atoms with Crippen molar-refractivity contribution in [2.24, 2.45) is 0 Å². The van der Waals surface area contributed by atoms with Crippen molar-refractivity contribution in [1.29, 1.82) is 0 Å². The molecule has 0 spiro atoms. The van der Waals surface area contributed by atoms with Crippen molar-refractivity contribution in [3.05, 3.63) is 34.0 Å². The van der Waals surface area contributed by atoms with Crippen molar-refractivity contribution in [2.45, 2.75) is 38.4 Å². The largest absolute Gasteiger partial charge is 0.331 e. The maximum Gasteiger partial charge on any atom is 0.319 e. The van der Waals surface area contributed by atoms with Crippen molar-refractivity contribution in [3.8, 4) is 0 Å². The van der Waals surface area contributed by atoms with Gasteiger partial charge in [0.25, 0.3) is 0 Å². The fourth-order valence-corrected chi connectivity index (χ4v) is 4.58. The van der Waals surface area contributed by atoms with Crippen LogP contribution in [0, 0.1) is 0 Å². The molecule has 140 valence electrons. The van der Waals surface area contributed by atoms with Crippen LogP contribution in [0.1, 0.15) is 36.0 Å². The SMILES string of the molecule is CN(C)C(=O)N1CCC(c2nnc3n2CCN(Cc2ccsc2)C3)CC1. The summed E-state index contributed by atoms with van der Waals surface area (Å²) in [6.45, 7) is 5.43. The van der Waals surface area contributed by atoms with Gasteiger partial charge in [-0.25, -0.2) is 4.79 Å². The lowest BCUT2D eigenvalue weighted by atomic mass is 9.96. The molecule has 0 atom stereocenters. The van der Waals surface area contributed by atoms with E-state index in [1.54, 1.807) is 16.2 Å². The number of nitrogens with zero attached hydrogens (tertiary/aromatic N) is 6. The third-order valence-electron chi connectivity index (χ3n) is 5.36. The van der Waals surface area contributed by atoms with E-state index in [4.69, 9.17) is 0 Å². The Kier molecular flexibility index (Phi) is 4.95. The Hall–Kier alpha value is -1.93. The van der Waals surface area contributed by atoms with Crippen LogP contribution in [0.15, 0.2) is 16.8 Å². The summed E-state index contributed by atoms with van der Waals surface area (Å²) in [6.07, 6.45) is 1.94. The number of amides is 2. The van der Waals surface area contributed by atoms with Crippen LogP contribution in [0.4, 0.5) is 4.79 Å². The molecule has 2 aliphatic rings. The summed E-state index contributed by atoms with van der Waals surface area (Å²) >= 11 is 1.75.